The van der Waals surface area contributed by atoms with Crippen molar-refractivity contribution < 1.29 is 13.2 Å². The molecule has 0 radical (unpaired) electrons. The van der Waals surface area contributed by atoms with Crippen LogP contribution in [0.15, 0.2) is 35.3 Å². The maximum atomic E-state index is 13.1. The Balaban J connectivity index is 0.00000192. The van der Waals surface area contributed by atoms with Crippen LogP contribution in [0.25, 0.3) is 22.3 Å². The molecule has 3 aromatic rings. The molecule has 0 unspecified atom stereocenters. The summed E-state index contributed by atoms with van der Waals surface area (Å²) >= 11 is 0. The molecule has 1 aromatic carbocycles. The number of nitrogens with zero attached hydrogens (tertiary/aromatic N) is 1. The summed E-state index contributed by atoms with van der Waals surface area (Å²) in [5.41, 5.74) is 5.57. The first-order valence-electron chi connectivity index (χ1n) is 6.37. The summed E-state index contributed by atoms with van der Waals surface area (Å²) in [6.07, 6.45) is -3.08. The molecule has 0 atom stereocenters. The first-order valence-corrected chi connectivity index (χ1v) is 6.37. The maximum Gasteiger partial charge on any atom is 0.416 e. The highest BCUT2D eigenvalue weighted by atomic mass is 35.5. The van der Waals surface area contributed by atoms with Gasteiger partial charge in [-0.2, -0.15) is 13.2 Å². The number of rotatable bonds is 2. The average molecular weight is 345 g/mol. The van der Waals surface area contributed by atoms with Gasteiger partial charge in [-0.3, -0.25) is 4.98 Å². The van der Waals surface area contributed by atoms with Crippen LogP contribution in [0.5, 0.6) is 0 Å². The molecule has 0 saturated carbocycles. The SMILES string of the molecule is Cl.NCc1ccc(-c2ccnc3[nH]c(=O)[nH]c23)cc1C(F)(F)F. The monoisotopic (exact) mass is 344 g/mol. The van der Waals surface area contributed by atoms with Gasteiger partial charge >= 0.3 is 11.9 Å². The van der Waals surface area contributed by atoms with Crippen LogP contribution in [0.2, 0.25) is 0 Å². The van der Waals surface area contributed by atoms with Crippen molar-refractivity contribution in [3.63, 3.8) is 0 Å². The largest absolute Gasteiger partial charge is 0.416 e. The van der Waals surface area contributed by atoms with Crippen molar-refractivity contribution in [2.45, 2.75) is 12.7 Å². The number of hydrogen-bond acceptors (Lipinski definition) is 3. The predicted molar refractivity (Wildman–Crippen MR) is 82.3 cm³/mol. The fraction of sp³-hybridized carbons (Fsp3) is 0.143. The number of benzene rings is 1. The molecular formula is C14H12ClF3N4O. The Morgan fingerprint density at radius 3 is 2.57 bits per heavy atom. The Bertz CT molecular complexity index is 901. The van der Waals surface area contributed by atoms with Crippen LogP contribution in [0, 0.1) is 0 Å². The van der Waals surface area contributed by atoms with Gasteiger partial charge in [0.25, 0.3) is 0 Å². The van der Waals surface area contributed by atoms with E-state index in [1.54, 1.807) is 6.07 Å². The fourth-order valence-electron chi connectivity index (χ4n) is 2.36. The molecule has 0 aliphatic rings. The van der Waals surface area contributed by atoms with E-state index in [-0.39, 0.29) is 24.5 Å². The van der Waals surface area contributed by atoms with Crippen LogP contribution in [-0.4, -0.2) is 15.0 Å². The summed E-state index contributed by atoms with van der Waals surface area (Å²) in [5.74, 6) is 0. The van der Waals surface area contributed by atoms with Crippen molar-refractivity contribution in [1.29, 1.82) is 0 Å². The van der Waals surface area contributed by atoms with E-state index < -0.39 is 17.4 Å². The molecule has 122 valence electrons. The van der Waals surface area contributed by atoms with Crippen LogP contribution < -0.4 is 11.4 Å². The number of aromatic nitrogens is 3. The lowest BCUT2D eigenvalue weighted by molar-refractivity contribution is -0.138. The Morgan fingerprint density at radius 1 is 1.17 bits per heavy atom. The summed E-state index contributed by atoms with van der Waals surface area (Å²) in [5, 5.41) is 0. The molecule has 0 aliphatic heterocycles. The molecule has 5 nitrogen and oxygen atoms in total. The lowest BCUT2D eigenvalue weighted by atomic mass is 9.98. The second-order valence-corrected chi connectivity index (χ2v) is 4.74. The Morgan fingerprint density at radius 2 is 1.91 bits per heavy atom. The highest BCUT2D eigenvalue weighted by molar-refractivity contribution is 5.89. The van der Waals surface area contributed by atoms with E-state index in [4.69, 9.17) is 5.73 Å². The molecule has 2 heterocycles. The Kier molecular flexibility index (Phi) is 4.49. The quantitative estimate of drug-likeness (QED) is 0.668. The van der Waals surface area contributed by atoms with E-state index in [9.17, 15) is 18.0 Å². The van der Waals surface area contributed by atoms with Crippen molar-refractivity contribution >= 4 is 23.6 Å². The van der Waals surface area contributed by atoms with Crippen molar-refractivity contribution in [1.82, 2.24) is 15.0 Å². The topological polar surface area (TPSA) is 87.6 Å². The Labute approximate surface area is 134 Å². The van der Waals surface area contributed by atoms with E-state index in [0.29, 0.717) is 22.3 Å². The molecule has 0 fully saturated rings. The molecule has 23 heavy (non-hydrogen) atoms. The number of nitrogens with two attached hydrogens (primary N) is 1. The van der Waals surface area contributed by atoms with E-state index in [0.717, 1.165) is 6.07 Å². The molecule has 3 rings (SSSR count). The number of H-pyrrole nitrogens is 2. The standard InChI is InChI=1S/C14H11F3N4O.ClH/c15-14(16,17)10-5-7(1-2-8(10)6-18)9-3-4-19-12-11(9)20-13(22)21-12;/h1-5H,6,18H2,(H2,19,20,21,22);1H. The molecule has 4 N–H and O–H groups in total. The summed E-state index contributed by atoms with van der Waals surface area (Å²) < 4.78 is 39.4. The highest BCUT2D eigenvalue weighted by Crippen LogP contribution is 2.35. The zero-order valence-electron chi connectivity index (χ0n) is 11.6. The first-order chi connectivity index (χ1) is 10.4. The lowest BCUT2D eigenvalue weighted by Gasteiger charge is -2.13. The van der Waals surface area contributed by atoms with Gasteiger partial charge < -0.3 is 10.7 Å². The molecule has 0 aliphatic carbocycles. The van der Waals surface area contributed by atoms with Gasteiger partial charge in [-0.25, -0.2) is 9.78 Å². The van der Waals surface area contributed by atoms with Gasteiger partial charge in [0, 0.05) is 18.3 Å². The number of aromatic amines is 2. The number of alkyl halides is 3. The minimum absolute atomic E-state index is 0. The summed E-state index contributed by atoms with van der Waals surface area (Å²) in [6, 6.07) is 5.46. The highest BCUT2D eigenvalue weighted by Gasteiger charge is 2.33. The third-order valence-electron chi connectivity index (χ3n) is 3.37. The molecule has 0 spiro atoms. The zero-order valence-corrected chi connectivity index (χ0v) is 12.4. The maximum absolute atomic E-state index is 13.1. The van der Waals surface area contributed by atoms with Crippen LogP contribution in [0.4, 0.5) is 13.2 Å². The molecule has 0 bridgehead atoms. The summed E-state index contributed by atoms with van der Waals surface area (Å²) in [4.78, 5) is 20.3. The minimum Gasteiger partial charge on any atom is -0.326 e. The van der Waals surface area contributed by atoms with Gasteiger partial charge in [0.15, 0.2) is 5.65 Å². The molecule has 2 aromatic heterocycles. The second kappa shape index (κ2) is 6.05. The van der Waals surface area contributed by atoms with Gasteiger partial charge in [-0.05, 0) is 23.3 Å². The fourth-order valence-corrected chi connectivity index (χ4v) is 2.36. The first kappa shape index (κ1) is 17.0. The predicted octanol–water partition coefficient (Wildman–Crippen LogP) is 2.82. The normalized spacial score (nSPS) is 11.5. The van der Waals surface area contributed by atoms with Crippen LogP contribution >= 0.6 is 12.4 Å². The van der Waals surface area contributed by atoms with E-state index in [2.05, 4.69) is 15.0 Å². The third-order valence-corrected chi connectivity index (χ3v) is 3.37. The number of halogens is 4. The van der Waals surface area contributed by atoms with Crippen molar-refractivity contribution in [3.8, 4) is 11.1 Å². The molecule has 9 heteroatoms. The van der Waals surface area contributed by atoms with Crippen LogP contribution in [0.1, 0.15) is 11.1 Å². The number of pyridine rings is 1. The number of hydrogen-bond donors (Lipinski definition) is 3. The number of fused-ring (bicyclic) bond motifs is 1. The van der Waals surface area contributed by atoms with Crippen LogP contribution in [0.3, 0.4) is 0 Å². The third kappa shape index (κ3) is 3.08. The van der Waals surface area contributed by atoms with E-state index >= 15 is 0 Å². The van der Waals surface area contributed by atoms with Crippen molar-refractivity contribution in [2.75, 3.05) is 0 Å². The van der Waals surface area contributed by atoms with Gasteiger partial charge in [0.1, 0.15) is 0 Å². The van der Waals surface area contributed by atoms with Gasteiger partial charge in [0.05, 0.1) is 11.1 Å². The number of imidazole rings is 1. The summed E-state index contributed by atoms with van der Waals surface area (Å²) in [6.45, 7) is -0.206. The van der Waals surface area contributed by atoms with Gasteiger partial charge in [-0.1, -0.05) is 12.1 Å². The molecule has 0 amide bonds. The molecule has 0 saturated heterocycles. The van der Waals surface area contributed by atoms with E-state index in [1.807, 2.05) is 0 Å². The van der Waals surface area contributed by atoms with E-state index in [1.165, 1.54) is 18.3 Å². The minimum atomic E-state index is -4.50. The van der Waals surface area contributed by atoms with Gasteiger partial charge in [-0.15, -0.1) is 12.4 Å². The second-order valence-electron chi connectivity index (χ2n) is 4.74. The van der Waals surface area contributed by atoms with Crippen molar-refractivity contribution in [2.24, 2.45) is 5.73 Å². The van der Waals surface area contributed by atoms with Crippen LogP contribution in [-0.2, 0) is 12.7 Å². The average Bonchev–Trinajstić information content (AvgIpc) is 2.85. The smallest absolute Gasteiger partial charge is 0.326 e. The Hall–Kier alpha value is -2.32. The van der Waals surface area contributed by atoms with Crippen molar-refractivity contribution in [3.05, 3.63) is 52.1 Å². The lowest BCUT2D eigenvalue weighted by Crippen LogP contribution is -2.12. The molecular weight excluding hydrogens is 333 g/mol. The zero-order chi connectivity index (χ0) is 15.9. The van der Waals surface area contributed by atoms with Gasteiger partial charge in [0.2, 0.25) is 0 Å². The summed E-state index contributed by atoms with van der Waals surface area (Å²) in [7, 11) is 0. The number of nitrogens with one attached hydrogen (secondary N) is 2.